The van der Waals surface area contributed by atoms with Crippen molar-refractivity contribution in [3.05, 3.63) is 29.0 Å². The third-order valence-electron chi connectivity index (χ3n) is 2.46. The first-order valence-electron chi connectivity index (χ1n) is 5.62. The average molecular weight is 339 g/mol. The Labute approximate surface area is 124 Å². The van der Waals surface area contributed by atoms with Gasteiger partial charge in [0.2, 0.25) is 15.9 Å². The summed E-state index contributed by atoms with van der Waals surface area (Å²) in [6, 6.07) is 1.08. The summed E-state index contributed by atoms with van der Waals surface area (Å²) in [5.74, 6) is -3.11. The molecule has 0 radical (unpaired) electrons. The van der Waals surface area contributed by atoms with E-state index in [0.29, 0.717) is 6.07 Å². The van der Waals surface area contributed by atoms with Crippen molar-refractivity contribution in [2.45, 2.75) is 23.8 Å². The lowest BCUT2D eigenvalue weighted by Gasteiger charge is -2.14. The minimum Gasteiger partial charge on any atom is -0.480 e. The Hall–Kier alpha value is -1.71. The zero-order valence-electron chi connectivity index (χ0n) is 10.5. The van der Waals surface area contributed by atoms with Crippen molar-refractivity contribution in [1.29, 1.82) is 0 Å². The van der Waals surface area contributed by atoms with Gasteiger partial charge >= 0.3 is 5.97 Å². The number of carboxylic acid groups (broad SMARTS) is 1. The van der Waals surface area contributed by atoms with E-state index in [1.807, 2.05) is 4.72 Å². The number of nitrogens with one attached hydrogen (secondary N) is 1. The van der Waals surface area contributed by atoms with Gasteiger partial charge in [0.25, 0.3) is 0 Å². The molecule has 0 aromatic heterocycles. The molecule has 0 aliphatic heterocycles. The Morgan fingerprint density at radius 3 is 2.57 bits per heavy atom. The van der Waals surface area contributed by atoms with Crippen LogP contribution in [0.25, 0.3) is 0 Å². The molecule has 1 amide bonds. The van der Waals surface area contributed by atoms with E-state index in [2.05, 4.69) is 0 Å². The highest BCUT2D eigenvalue weighted by Crippen LogP contribution is 2.22. The van der Waals surface area contributed by atoms with E-state index < -0.39 is 38.7 Å². The molecule has 10 heteroatoms. The van der Waals surface area contributed by atoms with Gasteiger partial charge in [-0.05, 0) is 24.6 Å². The molecule has 0 unspecified atom stereocenters. The first-order valence-corrected chi connectivity index (χ1v) is 7.48. The average Bonchev–Trinajstić information content (AvgIpc) is 2.36. The van der Waals surface area contributed by atoms with Gasteiger partial charge < -0.3 is 10.8 Å². The van der Waals surface area contributed by atoms with Crippen molar-refractivity contribution in [3.63, 3.8) is 0 Å². The predicted octanol–water partition coefficient (Wildman–Crippen LogP) is 0.476. The molecule has 1 aromatic carbocycles. The van der Waals surface area contributed by atoms with Crippen LogP contribution in [0.4, 0.5) is 4.39 Å². The quantitative estimate of drug-likeness (QED) is 0.666. The second-order valence-corrected chi connectivity index (χ2v) is 6.18. The van der Waals surface area contributed by atoms with Crippen LogP contribution in [0.1, 0.15) is 12.8 Å². The smallest absolute Gasteiger partial charge is 0.321 e. The van der Waals surface area contributed by atoms with Gasteiger partial charge in [0.1, 0.15) is 16.8 Å². The fourth-order valence-electron chi connectivity index (χ4n) is 1.45. The molecule has 0 aliphatic rings. The van der Waals surface area contributed by atoms with Gasteiger partial charge in [0, 0.05) is 6.42 Å². The van der Waals surface area contributed by atoms with Crippen molar-refractivity contribution >= 4 is 33.5 Å². The van der Waals surface area contributed by atoms with E-state index in [1.165, 1.54) is 0 Å². The summed E-state index contributed by atoms with van der Waals surface area (Å²) in [5, 5.41) is 8.67. The molecular formula is C11H12ClFN2O5S. The number of halogens is 2. The van der Waals surface area contributed by atoms with Gasteiger partial charge in [0.05, 0.1) is 5.02 Å². The molecule has 0 aliphatic carbocycles. The summed E-state index contributed by atoms with van der Waals surface area (Å²) in [6.07, 6.45) is -0.660. The third kappa shape index (κ3) is 4.96. The molecule has 1 rings (SSSR count). The molecule has 21 heavy (non-hydrogen) atoms. The predicted molar refractivity (Wildman–Crippen MR) is 71.6 cm³/mol. The fraction of sp³-hybridized carbons (Fsp3) is 0.273. The zero-order valence-corrected chi connectivity index (χ0v) is 12.1. The summed E-state index contributed by atoms with van der Waals surface area (Å²) >= 11 is 5.66. The highest BCUT2D eigenvalue weighted by Gasteiger charge is 2.27. The highest BCUT2D eigenvalue weighted by molar-refractivity contribution is 7.89. The van der Waals surface area contributed by atoms with Crippen LogP contribution in [0.2, 0.25) is 5.02 Å². The van der Waals surface area contributed by atoms with E-state index in [-0.39, 0.29) is 17.9 Å². The molecule has 7 nitrogen and oxygen atoms in total. The molecule has 0 fully saturated rings. The molecule has 4 N–H and O–H groups in total. The Bertz CT molecular complexity index is 665. The summed E-state index contributed by atoms with van der Waals surface area (Å²) in [6.45, 7) is 0. The van der Waals surface area contributed by atoms with Crippen LogP contribution in [0.5, 0.6) is 0 Å². The SMILES string of the molecule is NC(=O)CC[C@@H](NS(=O)(=O)c1cc(F)ccc1Cl)C(=O)O. The van der Waals surface area contributed by atoms with E-state index in [9.17, 15) is 22.4 Å². The van der Waals surface area contributed by atoms with Crippen molar-refractivity contribution in [2.75, 3.05) is 0 Å². The topological polar surface area (TPSA) is 127 Å². The lowest BCUT2D eigenvalue weighted by Crippen LogP contribution is -2.41. The van der Waals surface area contributed by atoms with Gasteiger partial charge in [-0.25, -0.2) is 12.8 Å². The number of hydrogen-bond acceptors (Lipinski definition) is 4. The van der Waals surface area contributed by atoms with Crippen LogP contribution in [0, 0.1) is 5.82 Å². The van der Waals surface area contributed by atoms with Crippen molar-refractivity contribution in [3.8, 4) is 0 Å². The number of rotatable bonds is 7. The molecule has 0 heterocycles. The van der Waals surface area contributed by atoms with Crippen LogP contribution in [0.3, 0.4) is 0 Å². The van der Waals surface area contributed by atoms with Crippen molar-refractivity contribution in [2.24, 2.45) is 5.73 Å². The summed E-state index contributed by atoms with van der Waals surface area (Å²) in [4.78, 5) is 21.0. The minimum atomic E-state index is -4.36. The molecular weight excluding hydrogens is 327 g/mol. The molecule has 116 valence electrons. The van der Waals surface area contributed by atoms with Gasteiger partial charge in [-0.3, -0.25) is 9.59 Å². The van der Waals surface area contributed by atoms with Gasteiger partial charge in [-0.1, -0.05) is 11.6 Å². The lowest BCUT2D eigenvalue weighted by atomic mass is 10.2. The second kappa shape index (κ2) is 6.83. The van der Waals surface area contributed by atoms with Gasteiger partial charge in [0.15, 0.2) is 0 Å². The number of sulfonamides is 1. The summed E-state index contributed by atoms with van der Waals surface area (Å²) in [7, 11) is -4.36. The first kappa shape index (κ1) is 17.3. The van der Waals surface area contributed by atoms with Crippen LogP contribution < -0.4 is 10.5 Å². The molecule has 1 aromatic rings. The molecule has 0 bridgehead atoms. The Balaban J connectivity index is 3.03. The number of benzene rings is 1. The number of carbonyl (C=O) groups excluding carboxylic acids is 1. The normalized spacial score (nSPS) is 12.9. The Morgan fingerprint density at radius 1 is 1.43 bits per heavy atom. The highest BCUT2D eigenvalue weighted by atomic mass is 35.5. The maximum atomic E-state index is 13.1. The molecule has 0 saturated carbocycles. The van der Waals surface area contributed by atoms with Crippen LogP contribution in [-0.4, -0.2) is 31.4 Å². The van der Waals surface area contributed by atoms with E-state index >= 15 is 0 Å². The first-order chi connectivity index (χ1) is 9.63. The van der Waals surface area contributed by atoms with Crippen LogP contribution in [-0.2, 0) is 19.6 Å². The van der Waals surface area contributed by atoms with Gasteiger partial charge in [-0.15, -0.1) is 0 Å². The number of primary amides is 1. The molecule has 1 atom stereocenters. The van der Waals surface area contributed by atoms with E-state index in [4.69, 9.17) is 22.4 Å². The molecule has 0 spiro atoms. The maximum absolute atomic E-state index is 13.1. The number of aliphatic carboxylic acids is 1. The van der Waals surface area contributed by atoms with Crippen LogP contribution >= 0.6 is 11.6 Å². The number of nitrogens with two attached hydrogens (primary N) is 1. The zero-order chi connectivity index (χ0) is 16.2. The fourth-order valence-corrected chi connectivity index (χ4v) is 3.19. The maximum Gasteiger partial charge on any atom is 0.321 e. The molecule has 0 saturated heterocycles. The minimum absolute atomic E-state index is 0.261. The third-order valence-corrected chi connectivity index (χ3v) is 4.41. The van der Waals surface area contributed by atoms with E-state index in [1.54, 1.807) is 0 Å². The number of carboxylic acids is 1. The largest absolute Gasteiger partial charge is 0.480 e. The lowest BCUT2D eigenvalue weighted by molar-refractivity contribution is -0.139. The monoisotopic (exact) mass is 338 g/mol. The summed E-state index contributed by atoms with van der Waals surface area (Å²) in [5.41, 5.74) is 4.88. The van der Waals surface area contributed by atoms with E-state index in [0.717, 1.165) is 12.1 Å². The standard InChI is InChI=1S/C11H12ClFN2O5S/c12-7-2-1-6(13)5-9(7)21(19,20)15-8(11(17)18)3-4-10(14)16/h1-2,5,8,15H,3-4H2,(H2,14,16)(H,17,18)/t8-/m1/s1. The van der Waals surface area contributed by atoms with Crippen molar-refractivity contribution < 1.29 is 27.5 Å². The second-order valence-electron chi connectivity index (χ2n) is 4.09. The Kier molecular flexibility index (Phi) is 5.64. The summed E-state index contributed by atoms with van der Waals surface area (Å²) < 4.78 is 39.0. The number of amides is 1. The number of hydrogen-bond donors (Lipinski definition) is 3. The van der Waals surface area contributed by atoms with Crippen molar-refractivity contribution in [1.82, 2.24) is 4.72 Å². The Morgan fingerprint density at radius 2 is 2.05 bits per heavy atom. The van der Waals surface area contributed by atoms with Gasteiger partial charge in [-0.2, -0.15) is 4.72 Å². The number of carbonyl (C=O) groups is 2. The van der Waals surface area contributed by atoms with Crippen LogP contribution in [0.15, 0.2) is 23.1 Å².